The summed E-state index contributed by atoms with van der Waals surface area (Å²) in [5.41, 5.74) is 6.75. The van der Waals surface area contributed by atoms with Crippen LogP contribution in [-0.4, -0.2) is 56.3 Å². The molecule has 3 rings (SSSR count). The maximum Gasteiger partial charge on any atom is 0.243 e. The second-order valence-corrected chi connectivity index (χ2v) is 9.43. The number of carbonyl (C=O) groups is 1. The van der Waals surface area contributed by atoms with E-state index in [1.807, 2.05) is 24.0 Å². The number of hydrogen-bond acceptors (Lipinski definition) is 4. The Balaban J connectivity index is 0.00000261. The van der Waals surface area contributed by atoms with Crippen LogP contribution in [0.3, 0.4) is 0 Å². The normalized spacial score (nSPS) is 20.3. The number of piperidine rings is 2. The Bertz CT molecular complexity index is 723. The first kappa shape index (κ1) is 22.1. The Hall–Kier alpha value is -1.15. The fraction of sp³-hybridized carbons (Fsp3) is 0.632. The third-order valence-electron chi connectivity index (χ3n) is 5.72. The first-order valence-corrected chi connectivity index (χ1v) is 10.9. The van der Waals surface area contributed by atoms with Crippen LogP contribution in [0, 0.1) is 18.8 Å². The zero-order valence-electron chi connectivity index (χ0n) is 15.8. The summed E-state index contributed by atoms with van der Waals surface area (Å²) in [6.07, 6.45) is 3.15. The molecule has 2 aliphatic heterocycles. The number of rotatable bonds is 4. The number of amides is 1. The fourth-order valence-electron chi connectivity index (χ4n) is 3.85. The van der Waals surface area contributed by atoms with Gasteiger partial charge in [-0.05, 0) is 57.2 Å². The minimum atomic E-state index is -3.47. The quantitative estimate of drug-likeness (QED) is 0.815. The molecule has 0 spiro atoms. The Morgan fingerprint density at radius 1 is 1.04 bits per heavy atom. The molecule has 2 aliphatic rings. The van der Waals surface area contributed by atoms with Crippen LogP contribution in [0.4, 0.5) is 0 Å². The average Bonchev–Trinajstić information content (AvgIpc) is 2.68. The highest BCUT2D eigenvalue weighted by molar-refractivity contribution is 7.89. The number of nitrogens with two attached hydrogens (primary N) is 1. The van der Waals surface area contributed by atoms with Crippen LogP contribution in [0.5, 0.6) is 0 Å². The summed E-state index contributed by atoms with van der Waals surface area (Å²) in [5, 5.41) is 0. The smallest absolute Gasteiger partial charge is 0.243 e. The highest BCUT2D eigenvalue weighted by Gasteiger charge is 2.34. The summed E-state index contributed by atoms with van der Waals surface area (Å²) >= 11 is 0. The molecule has 2 fully saturated rings. The standard InChI is InChI=1S/C19H29N3O3S.ClH/c1-15-2-4-18(5-3-15)26(24,25)22-12-8-17(9-13-22)19(23)21-10-6-16(14-20)7-11-21;/h2-5,16-17H,6-14,20H2,1H3;1H. The number of carbonyl (C=O) groups excluding carboxylic acids is 1. The van der Waals surface area contributed by atoms with Gasteiger partial charge in [0.05, 0.1) is 4.90 Å². The van der Waals surface area contributed by atoms with Crippen LogP contribution < -0.4 is 5.73 Å². The van der Waals surface area contributed by atoms with Gasteiger partial charge in [0.25, 0.3) is 0 Å². The van der Waals surface area contributed by atoms with Gasteiger partial charge in [-0.3, -0.25) is 4.79 Å². The van der Waals surface area contributed by atoms with Crippen LogP contribution in [0.2, 0.25) is 0 Å². The lowest BCUT2D eigenvalue weighted by Gasteiger charge is -2.36. The van der Waals surface area contributed by atoms with E-state index >= 15 is 0 Å². The molecule has 1 aromatic rings. The van der Waals surface area contributed by atoms with E-state index in [4.69, 9.17) is 5.73 Å². The van der Waals surface area contributed by atoms with Gasteiger partial charge in [-0.1, -0.05) is 17.7 Å². The number of benzene rings is 1. The van der Waals surface area contributed by atoms with Crippen LogP contribution in [0.15, 0.2) is 29.2 Å². The van der Waals surface area contributed by atoms with E-state index < -0.39 is 10.0 Å². The van der Waals surface area contributed by atoms with Gasteiger partial charge < -0.3 is 10.6 Å². The molecule has 0 unspecified atom stereocenters. The Morgan fingerprint density at radius 3 is 2.11 bits per heavy atom. The highest BCUT2D eigenvalue weighted by Crippen LogP contribution is 2.27. The lowest BCUT2D eigenvalue weighted by molar-refractivity contribution is -0.138. The molecule has 0 radical (unpaired) electrons. The van der Waals surface area contributed by atoms with Gasteiger partial charge in [0.2, 0.25) is 15.9 Å². The van der Waals surface area contributed by atoms with E-state index in [1.165, 1.54) is 4.31 Å². The first-order chi connectivity index (χ1) is 12.4. The molecule has 8 heteroatoms. The molecule has 1 aromatic carbocycles. The summed E-state index contributed by atoms with van der Waals surface area (Å²) in [6.45, 7) is 5.00. The Labute approximate surface area is 168 Å². The summed E-state index contributed by atoms with van der Waals surface area (Å²) in [7, 11) is -3.47. The van der Waals surface area contributed by atoms with E-state index in [1.54, 1.807) is 12.1 Å². The number of nitrogens with zero attached hydrogens (tertiary/aromatic N) is 2. The van der Waals surface area contributed by atoms with Gasteiger partial charge >= 0.3 is 0 Å². The Kier molecular flexibility index (Phi) is 7.68. The van der Waals surface area contributed by atoms with Crippen molar-refractivity contribution in [2.45, 2.75) is 37.5 Å². The van der Waals surface area contributed by atoms with Crippen molar-refractivity contribution in [2.75, 3.05) is 32.7 Å². The SMILES string of the molecule is Cc1ccc(S(=O)(=O)N2CCC(C(=O)N3CCC(CN)CC3)CC2)cc1.Cl. The van der Waals surface area contributed by atoms with E-state index in [-0.39, 0.29) is 24.2 Å². The van der Waals surface area contributed by atoms with Crippen LogP contribution in [0.1, 0.15) is 31.2 Å². The van der Waals surface area contributed by atoms with Crippen molar-refractivity contribution in [3.63, 3.8) is 0 Å². The van der Waals surface area contributed by atoms with Crippen molar-refractivity contribution in [1.29, 1.82) is 0 Å². The van der Waals surface area contributed by atoms with Crippen molar-refractivity contribution in [1.82, 2.24) is 9.21 Å². The first-order valence-electron chi connectivity index (χ1n) is 9.47. The molecule has 1 amide bonds. The molecule has 0 atom stereocenters. The topological polar surface area (TPSA) is 83.7 Å². The zero-order valence-corrected chi connectivity index (χ0v) is 17.5. The largest absolute Gasteiger partial charge is 0.342 e. The molecule has 27 heavy (non-hydrogen) atoms. The van der Waals surface area contributed by atoms with Crippen molar-refractivity contribution < 1.29 is 13.2 Å². The number of aryl methyl sites for hydroxylation is 1. The van der Waals surface area contributed by atoms with E-state index in [0.717, 1.165) is 31.5 Å². The number of hydrogen-bond donors (Lipinski definition) is 1. The summed E-state index contributed by atoms with van der Waals surface area (Å²) < 4.78 is 27.0. The minimum Gasteiger partial charge on any atom is -0.342 e. The molecule has 2 N–H and O–H groups in total. The van der Waals surface area contributed by atoms with Gasteiger partial charge in [0.15, 0.2) is 0 Å². The van der Waals surface area contributed by atoms with Crippen molar-refractivity contribution in [3.8, 4) is 0 Å². The van der Waals surface area contributed by atoms with Crippen molar-refractivity contribution in [3.05, 3.63) is 29.8 Å². The molecule has 2 heterocycles. The van der Waals surface area contributed by atoms with Gasteiger partial charge in [-0.25, -0.2) is 8.42 Å². The fourth-order valence-corrected chi connectivity index (χ4v) is 5.32. The minimum absolute atomic E-state index is 0. The third-order valence-corrected chi connectivity index (χ3v) is 7.63. The van der Waals surface area contributed by atoms with Gasteiger partial charge in [-0.2, -0.15) is 4.31 Å². The second kappa shape index (κ2) is 9.37. The predicted octanol–water partition coefficient (Wildman–Crippen LogP) is 2.01. The van der Waals surface area contributed by atoms with E-state index in [0.29, 0.717) is 43.3 Å². The molecule has 0 saturated carbocycles. The molecule has 2 saturated heterocycles. The van der Waals surface area contributed by atoms with Crippen LogP contribution in [0.25, 0.3) is 0 Å². The molecule has 0 aliphatic carbocycles. The lowest BCUT2D eigenvalue weighted by Crippen LogP contribution is -2.47. The molecule has 0 bridgehead atoms. The highest BCUT2D eigenvalue weighted by atomic mass is 35.5. The van der Waals surface area contributed by atoms with Gasteiger partial charge in [0.1, 0.15) is 0 Å². The number of sulfonamides is 1. The van der Waals surface area contributed by atoms with E-state index in [2.05, 4.69) is 0 Å². The second-order valence-electron chi connectivity index (χ2n) is 7.50. The van der Waals surface area contributed by atoms with Crippen LogP contribution >= 0.6 is 12.4 Å². The third kappa shape index (κ3) is 5.02. The molecule has 6 nitrogen and oxygen atoms in total. The van der Waals surface area contributed by atoms with Gasteiger partial charge in [-0.15, -0.1) is 12.4 Å². The maximum absolute atomic E-state index is 12.8. The molecular weight excluding hydrogens is 386 g/mol. The number of halogens is 1. The van der Waals surface area contributed by atoms with Crippen molar-refractivity contribution in [2.24, 2.45) is 17.6 Å². The van der Waals surface area contributed by atoms with Crippen LogP contribution in [-0.2, 0) is 14.8 Å². The lowest BCUT2D eigenvalue weighted by atomic mass is 9.93. The predicted molar refractivity (Wildman–Crippen MR) is 108 cm³/mol. The monoisotopic (exact) mass is 415 g/mol. The molecular formula is C19H30ClN3O3S. The molecule has 152 valence electrons. The maximum atomic E-state index is 12.8. The summed E-state index contributed by atoms with van der Waals surface area (Å²) in [4.78, 5) is 15.0. The van der Waals surface area contributed by atoms with Crippen molar-refractivity contribution >= 4 is 28.3 Å². The van der Waals surface area contributed by atoms with Gasteiger partial charge in [0, 0.05) is 32.1 Å². The van der Waals surface area contributed by atoms with E-state index in [9.17, 15) is 13.2 Å². The average molecular weight is 416 g/mol. The summed E-state index contributed by atoms with van der Waals surface area (Å²) in [5.74, 6) is 0.655. The Morgan fingerprint density at radius 2 is 1.59 bits per heavy atom. The molecule has 0 aromatic heterocycles. The number of likely N-dealkylation sites (tertiary alicyclic amines) is 1. The summed E-state index contributed by atoms with van der Waals surface area (Å²) in [6, 6.07) is 6.94. The zero-order chi connectivity index (χ0) is 18.7.